The second-order valence-electron chi connectivity index (χ2n) is 6.00. The Kier molecular flexibility index (Phi) is 4.03. The van der Waals surface area contributed by atoms with Gasteiger partial charge < -0.3 is 11.1 Å². The Morgan fingerprint density at radius 2 is 2.10 bits per heavy atom. The van der Waals surface area contributed by atoms with Crippen LogP contribution in [0.25, 0.3) is 0 Å². The quantitative estimate of drug-likeness (QED) is 0.843. The van der Waals surface area contributed by atoms with Crippen molar-refractivity contribution >= 4 is 5.91 Å². The van der Waals surface area contributed by atoms with Gasteiger partial charge in [0.2, 0.25) is 5.91 Å². The average Bonchev–Trinajstić information content (AvgIpc) is 3.24. The molecule has 0 bridgehead atoms. The Hall–Kier alpha value is -1.39. The molecule has 1 aliphatic carbocycles. The lowest BCUT2D eigenvalue weighted by Crippen LogP contribution is -2.49. The molecule has 4 heteroatoms. The van der Waals surface area contributed by atoms with E-state index in [2.05, 4.69) is 34.5 Å². The van der Waals surface area contributed by atoms with E-state index < -0.39 is 0 Å². The molecule has 1 fully saturated rings. The van der Waals surface area contributed by atoms with E-state index in [-0.39, 0.29) is 11.9 Å². The number of hydrogen-bond acceptors (Lipinski definition) is 3. The maximum atomic E-state index is 11.6. The van der Waals surface area contributed by atoms with E-state index in [4.69, 9.17) is 5.73 Å². The third kappa shape index (κ3) is 3.38. The van der Waals surface area contributed by atoms with Crippen LogP contribution in [-0.2, 0) is 17.8 Å². The summed E-state index contributed by atoms with van der Waals surface area (Å²) < 4.78 is 0. The monoisotopic (exact) mass is 273 g/mol. The Balaban J connectivity index is 1.65. The van der Waals surface area contributed by atoms with Crippen molar-refractivity contribution < 1.29 is 4.79 Å². The molecule has 0 spiro atoms. The first-order chi connectivity index (χ1) is 9.72. The molecule has 1 amide bonds. The molecule has 3 N–H and O–H groups in total. The fourth-order valence-corrected chi connectivity index (χ4v) is 2.94. The van der Waals surface area contributed by atoms with Gasteiger partial charge in [-0.3, -0.25) is 9.69 Å². The largest absolute Gasteiger partial charge is 0.368 e. The molecule has 0 saturated heterocycles. The Labute approximate surface area is 120 Å². The van der Waals surface area contributed by atoms with Crippen LogP contribution in [0.4, 0.5) is 0 Å². The highest BCUT2D eigenvalue weighted by molar-refractivity contribution is 5.80. The molecule has 1 aromatic carbocycles. The number of nitrogens with zero attached hydrogens (tertiary/aromatic N) is 1. The zero-order valence-electron chi connectivity index (χ0n) is 11.8. The van der Waals surface area contributed by atoms with Crippen molar-refractivity contribution in [2.24, 2.45) is 5.73 Å². The molecule has 1 aliphatic heterocycles. The van der Waals surface area contributed by atoms with Crippen molar-refractivity contribution in [3.8, 4) is 0 Å². The van der Waals surface area contributed by atoms with Gasteiger partial charge in [0.15, 0.2) is 0 Å². The molecule has 1 aromatic rings. The van der Waals surface area contributed by atoms with Crippen LogP contribution in [-0.4, -0.2) is 36.0 Å². The third-order valence-corrected chi connectivity index (χ3v) is 4.23. The number of aryl methyl sites for hydroxylation is 1. The van der Waals surface area contributed by atoms with E-state index in [9.17, 15) is 4.79 Å². The Morgan fingerprint density at radius 1 is 1.35 bits per heavy atom. The lowest BCUT2D eigenvalue weighted by Gasteiger charge is -2.25. The number of carbonyl (C=O) groups is 1. The second-order valence-corrected chi connectivity index (χ2v) is 6.00. The molecule has 1 atom stereocenters. The SMILES string of the molecule is NC(=O)C(CN1CCCc2ccccc2C1)NC1CC1. The smallest absolute Gasteiger partial charge is 0.235 e. The molecule has 2 aliphatic rings. The molecule has 1 heterocycles. The van der Waals surface area contributed by atoms with Crippen molar-refractivity contribution in [1.29, 1.82) is 0 Å². The van der Waals surface area contributed by atoms with E-state index in [1.165, 1.54) is 24.0 Å². The summed E-state index contributed by atoms with van der Waals surface area (Å²) in [6.45, 7) is 2.68. The van der Waals surface area contributed by atoms with Crippen LogP contribution in [0.2, 0.25) is 0 Å². The van der Waals surface area contributed by atoms with Gasteiger partial charge in [0.05, 0.1) is 6.04 Å². The molecular formula is C16H23N3O. The molecule has 0 aromatic heterocycles. The second kappa shape index (κ2) is 5.94. The maximum Gasteiger partial charge on any atom is 0.235 e. The van der Waals surface area contributed by atoms with Gasteiger partial charge in [-0.1, -0.05) is 24.3 Å². The highest BCUT2D eigenvalue weighted by atomic mass is 16.1. The summed E-state index contributed by atoms with van der Waals surface area (Å²) in [6.07, 6.45) is 4.62. The number of hydrogen-bond donors (Lipinski definition) is 2. The molecule has 1 saturated carbocycles. The normalized spacial score (nSPS) is 21.0. The highest BCUT2D eigenvalue weighted by Crippen LogP contribution is 2.21. The Morgan fingerprint density at radius 3 is 2.80 bits per heavy atom. The minimum absolute atomic E-state index is 0.215. The van der Waals surface area contributed by atoms with Gasteiger partial charge in [-0.15, -0.1) is 0 Å². The number of nitrogens with one attached hydrogen (secondary N) is 1. The lowest BCUT2D eigenvalue weighted by molar-refractivity contribution is -0.120. The summed E-state index contributed by atoms with van der Waals surface area (Å²) in [6, 6.07) is 8.90. The minimum atomic E-state index is -0.227. The summed E-state index contributed by atoms with van der Waals surface area (Å²) >= 11 is 0. The van der Waals surface area contributed by atoms with E-state index >= 15 is 0 Å². The van der Waals surface area contributed by atoms with Crippen LogP contribution in [0.3, 0.4) is 0 Å². The standard InChI is InChI=1S/C16H23N3O/c17-16(20)15(18-14-7-8-14)11-19-9-3-6-12-4-1-2-5-13(12)10-19/h1-2,4-5,14-15,18H,3,6-11H2,(H2,17,20). The van der Waals surface area contributed by atoms with Crippen molar-refractivity contribution in [2.75, 3.05) is 13.1 Å². The van der Waals surface area contributed by atoms with Crippen molar-refractivity contribution in [3.05, 3.63) is 35.4 Å². The fraction of sp³-hybridized carbons (Fsp3) is 0.562. The van der Waals surface area contributed by atoms with Crippen molar-refractivity contribution in [2.45, 2.75) is 44.3 Å². The number of fused-ring (bicyclic) bond motifs is 1. The van der Waals surface area contributed by atoms with Gasteiger partial charge in [0.25, 0.3) is 0 Å². The highest BCUT2D eigenvalue weighted by Gasteiger charge is 2.28. The van der Waals surface area contributed by atoms with E-state index in [0.717, 1.165) is 32.5 Å². The zero-order chi connectivity index (χ0) is 13.9. The summed E-state index contributed by atoms with van der Waals surface area (Å²) in [4.78, 5) is 14.0. The molecular weight excluding hydrogens is 250 g/mol. The van der Waals surface area contributed by atoms with Crippen LogP contribution < -0.4 is 11.1 Å². The van der Waals surface area contributed by atoms with Crippen molar-refractivity contribution in [1.82, 2.24) is 10.2 Å². The van der Waals surface area contributed by atoms with Gasteiger partial charge in [-0.05, 0) is 43.4 Å². The van der Waals surface area contributed by atoms with Gasteiger partial charge in [0, 0.05) is 19.1 Å². The fourth-order valence-electron chi connectivity index (χ4n) is 2.94. The van der Waals surface area contributed by atoms with Gasteiger partial charge in [0.1, 0.15) is 0 Å². The first-order valence-electron chi connectivity index (χ1n) is 7.57. The molecule has 1 unspecified atom stereocenters. The van der Waals surface area contributed by atoms with Gasteiger partial charge in [-0.2, -0.15) is 0 Å². The predicted octanol–water partition coefficient (Wildman–Crippen LogP) is 1.04. The van der Waals surface area contributed by atoms with Gasteiger partial charge >= 0.3 is 0 Å². The minimum Gasteiger partial charge on any atom is -0.368 e. The summed E-state index contributed by atoms with van der Waals surface area (Å²) in [7, 11) is 0. The van der Waals surface area contributed by atoms with Crippen LogP contribution in [0.5, 0.6) is 0 Å². The average molecular weight is 273 g/mol. The number of rotatable bonds is 5. The van der Waals surface area contributed by atoms with Gasteiger partial charge in [-0.25, -0.2) is 0 Å². The summed E-state index contributed by atoms with van der Waals surface area (Å²) in [5.74, 6) is -0.227. The van der Waals surface area contributed by atoms with E-state index in [1.54, 1.807) is 0 Å². The van der Waals surface area contributed by atoms with Crippen LogP contribution in [0.15, 0.2) is 24.3 Å². The molecule has 4 nitrogen and oxygen atoms in total. The molecule has 0 radical (unpaired) electrons. The van der Waals surface area contributed by atoms with Crippen molar-refractivity contribution in [3.63, 3.8) is 0 Å². The first kappa shape index (κ1) is 13.6. The number of primary amides is 1. The number of carbonyl (C=O) groups excluding carboxylic acids is 1. The number of amides is 1. The predicted molar refractivity (Wildman–Crippen MR) is 79.2 cm³/mol. The zero-order valence-corrected chi connectivity index (χ0v) is 11.8. The first-order valence-corrected chi connectivity index (χ1v) is 7.57. The third-order valence-electron chi connectivity index (χ3n) is 4.23. The lowest BCUT2D eigenvalue weighted by atomic mass is 10.0. The molecule has 108 valence electrons. The number of benzene rings is 1. The van der Waals surface area contributed by atoms with Crippen LogP contribution >= 0.6 is 0 Å². The van der Waals surface area contributed by atoms with E-state index in [0.29, 0.717) is 6.04 Å². The van der Waals surface area contributed by atoms with Crippen LogP contribution in [0.1, 0.15) is 30.4 Å². The maximum absolute atomic E-state index is 11.6. The number of nitrogens with two attached hydrogens (primary N) is 1. The Bertz CT molecular complexity index is 484. The van der Waals surface area contributed by atoms with Crippen LogP contribution in [0, 0.1) is 0 Å². The molecule has 3 rings (SSSR count). The van der Waals surface area contributed by atoms with E-state index in [1.807, 2.05) is 0 Å². The topological polar surface area (TPSA) is 58.4 Å². The summed E-state index contributed by atoms with van der Waals surface area (Å²) in [5, 5.41) is 3.37. The summed E-state index contributed by atoms with van der Waals surface area (Å²) in [5.41, 5.74) is 8.37. The molecule has 20 heavy (non-hydrogen) atoms.